The van der Waals surface area contributed by atoms with Crippen molar-refractivity contribution in [2.45, 2.75) is 24.9 Å². The van der Waals surface area contributed by atoms with Gasteiger partial charge in [0.2, 0.25) is 5.88 Å². The van der Waals surface area contributed by atoms with Crippen LogP contribution in [0.1, 0.15) is 34.8 Å². The zero-order valence-electron chi connectivity index (χ0n) is 16.9. The van der Waals surface area contributed by atoms with Crippen LogP contribution in [0.15, 0.2) is 66.9 Å². The van der Waals surface area contributed by atoms with E-state index >= 15 is 0 Å². The summed E-state index contributed by atoms with van der Waals surface area (Å²) in [5.41, 5.74) is 2.97. The predicted octanol–water partition coefficient (Wildman–Crippen LogP) is 4.84. The number of amides is 1. The van der Waals surface area contributed by atoms with Crippen molar-refractivity contribution >= 4 is 23.5 Å². The van der Waals surface area contributed by atoms with E-state index in [4.69, 9.17) is 16.3 Å². The lowest BCUT2D eigenvalue weighted by atomic mass is 10.0. The minimum absolute atomic E-state index is 0.325. The van der Waals surface area contributed by atoms with E-state index < -0.39 is 12.0 Å². The van der Waals surface area contributed by atoms with E-state index in [-0.39, 0.29) is 11.9 Å². The van der Waals surface area contributed by atoms with Gasteiger partial charge in [-0.05, 0) is 48.2 Å². The highest BCUT2D eigenvalue weighted by atomic mass is 35.5. The third-order valence-electron chi connectivity index (χ3n) is 5.58. The molecule has 0 spiro atoms. The lowest BCUT2D eigenvalue weighted by molar-refractivity contribution is -0.141. The van der Waals surface area contributed by atoms with Gasteiger partial charge >= 0.3 is 5.97 Å². The number of hydrogen-bond acceptors (Lipinski definition) is 4. The number of nitrogens with zero attached hydrogens (tertiary/aromatic N) is 2. The summed E-state index contributed by atoms with van der Waals surface area (Å²) in [5, 5.41) is 10.2. The molecule has 1 N–H and O–H groups in total. The normalized spacial score (nSPS) is 18.1. The number of carboxylic acids is 1. The molecule has 2 atom stereocenters. The number of methoxy groups -OCH3 is 1. The van der Waals surface area contributed by atoms with Crippen LogP contribution in [0.3, 0.4) is 0 Å². The second-order valence-electron chi connectivity index (χ2n) is 7.35. The molecule has 3 aromatic rings. The molecule has 31 heavy (non-hydrogen) atoms. The summed E-state index contributed by atoms with van der Waals surface area (Å²) in [6, 6.07) is 16.7. The molecule has 2 aromatic carbocycles. The third kappa shape index (κ3) is 4.11. The molecule has 1 unspecified atom stereocenters. The Morgan fingerprint density at radius 1 is 1.03 bits per heavy atom. The average molecular weight is 437 g/mol. The number of halogens is 1. The third-order valence-corrected chi connectivity index (χ3v) is 5.92. The van der Waals surface area contributed by atoms with Gasteiger partial charge in [0.15, 0.2) is 0 Å². The highest BCUT2D eigenvalue weighted by Gasteiger charge is 2.42. The molecule has 1 aliphatic rings. The van der Waals surface area contributed by atoms with Crippen LogP contribution >= 0.6 is 11.6 Å². The summed E-state index contributed by atoms with van der Waals surface area (Å²) < 4.78 is 5.08. The van der Waals surface area contributed by atoms with E-state index in [1.54, 1.807) is 37.6 Å². The number of benzene rings is 2. The van der Waals surface area contributed by atoms with E-state index in [1.165, 1.54) is 4.90 Å². The van der Waals surface area contributed by atoms with Gasteiger partial charge in [0.1, 0.15) is 6.04 Å². The Morgan fingerprint density at radius 3 is 2.35 bits per heavy atom. The van der Waals surface area contributed by atoms with Crippen LogP contribution in [0.5, 0.6) is 5.88 Å². The molecule has 1 saturated heterocycles. The summed E-state index contributed by atoms with van der Waals surface area (Å²) >= 11 is 6.36. The van der Waals surface area contributed by atoms with E-state index in [9.17, 15) is 14.7 Å². The molecular weight excluding hydrogens is 416 g/mol. The van der Waals surface area contributed by atoms with Crippen molar-refractivity contribution in [1.82, 2.24) is 9.88 Å². The Kier molecular flexibility index (Phi) is 5.91. The van der Waals surface area contributed by atoms with Gasteiger partial charge in [-0.1, -0.05) is 41.9 Å². The molecule has 0 saturated carbocycles. The van der Waals surface area contributed by atoms with Crippen LogP contribution in [0.25, 0.3) is 11.1 Å². The summed E-state index contributed by atoms with van der Waals surface area (Å²) in [4.78, 5) is 30.9. The smallest absolute Gasteiger partial charge is 0.326 e. The molecule has 1 fully saturated rings. The first kappa shape index (κ1) is 20.9. The molecule has 0 aliphatic carbocycles. The number of hydrogen-bond donors (Lipinski definition) is 1. The second kappa shape index (κ2) is 8.78. The largest absolute Gasteiger partial charge is 0.481 e. The molecule has 2 heterocycles. The number of rotatable bonds is 5. The fourth-order valence-corrected chi connectivity index (χ4v) is 4.28. The van der Waals surface area contributed by atoms with Crippen molar-refractivity contribution < 1.29 is 19.4 Å². The maximum Gasteiger partial charge on any atom is 0.326 e. The molecular formula is C24H21ClN2O4. The standard InChI is InChI=1S/C24H21ClN2O4/c1-31-22-13-10-17(14-26-22)15-6-8-16(9-7-15)23(28)27-20(11-12-21(27)24(29)30)18-4-2-3-5-19(18)25/h2-10,13-14,20-21H,11-12H2,1H3,(H,29,30)/t20?,21-/m0/s1. The number of carbonyl (C=O) groups excluding carboxylic acids is 1. The lowest BCUT2D eigenvalue weighted by Crippen LogP contribution is -2.41. The van der Waals surface area contributed by atoms with Crippen molar-refractivity contribution in [3.05, 3.63) is 83.0 Å². The molecule has 1 aliphatic heterocycles. The van der Waals surface area contributed by atoms with Gasteiger partial charge in [0.05, 0.1) is 13.2 Å². The lowest BCUT2D eigenvalue weighted by Gasteiger charge is -2.29. The first-order chi connectivity index (χ1) is 15.0. The highest BCUT2D eigenvalue weighted by molar-refractivity contribution is 6.31. The average Bonchev–Trinajstić information content (AvgIpc) is 3.24. The quantitative estimate of drug-likeness (QED) is 0.619. The maximum absolute atomic E-state index is 13.4. The molecule has 0 radical (unpaired) electrons. The molecule has 1 amide bonds. The fourth-order valence-electron chi connectivity index (χ4n) is 4.01. The number of carboxylic acid groups (broad SMARTS) is 1. The van der Waals surface area contributed by atoms with Gasteiger partial charge in [-0.15, -0.1) is 0 Å². The number of ether oxygens (including phenoxy) is 1. The summed E-state index contributed by atoms with van der Waals surface area (Å²) in [7, 11) is 1.56. The number of aromatic nitrogens is 1. The molecule has 4 rings (SSSR count). The Bertz CT molecular complexity index is 1100. The molecule has 158 valence electrons. The van der Waals surface area contributed by atoms with Gasteiger partial charge in [-0.2, -0.15) is 0 Å². The molecule has 6 nitrogen and oxygen atoms in total. The number of likely N-dealkylation sites (tertiary alicyclic amines) is 1. The van der Waals surface area contributed by atoms with Crippen molar-refractivity contribution in [1.29, 1.82) is 0 Å². The second-order valence-corrected chi connectivity index (χ2v) is 7.75. The van der Waals surface area contributed by atoms with E-state index in [0.29, 0.717) is 29.3 Å². The van der Waals surface area contributed by atoms with Crippen molar-refractivity contribution in [2.75, 3.05) is 7.11 Å². The highest BCUT2D eigenvalue weighted by Crippen LogP contribution is 2.40. The van der Waals surface area contributed by atoms with Crippen molar-refractivity contribution in [2.24, 2.45) is 0 Å². The van der Waals surface area contributed by atoms with Gasteiger partial charge in [0.25, 0.3) is 5.91 Å². The number of pyridine rings is 1. The number of aliphatic carboxylic acids is 1. The van der Waals surface area contributed by atoms with E-state index in [0.717, 1.165) is 16.7 Å². The summed E-state index contributed by atoms with van der Waals surface area (Å²) in [6.07, 6.45) is 2.62. The Morgan fingerprint density at radius 2 is 1.74 bits per heavy atom. The SMILES string of the molecule is COc1ccc(-c2ccc(C(=O)N3C(c4ccccc4Cl)CC[C@H]3C(=O)O)cc2)cn1. The fraction of sp³-hybridized carbons (Fsp3) is 0.208. The van der Waals surface area contributed by atoms with Crippen LogP contribution in [0.4, 0.5) is 0 Å². The Labute approximate surface area is 185 Å². The van der Waals surface area contributed by atoms with Crippen molar-refractivity contribution in [3.8, 4) is 17.0 Å². The van der Waals surface area contributed by atoms with Crippen LogP contribution in [-0.2, 0) is 4.79 Å². The summed E-state index contributed by atoms with van der Waals surface area (Å²) in [5.74, 6) is -0.812. The van der Waals surface area contributed by atoms with Gasteiger partial charge in [0, 0.05) is 28.4 Å². The minimum Gasteiger partial charge on any atom is -0.481 e. The maximum atomic E-state index is 13.4. The zero-order valence-corrected chi connectivity index (χ0v) is 17.6. The Balaban J connectivity index is 1.63. The predicted molar refractivity (Wildman–Crippen MR) is 117 cm³/mol. The molecule has 0 bridgehead atoms. The van der Waals surface area contributed by atoms with Crippen LogP contribution in [-0.4, -0.2) is 40.0 Å². The van der Waals surface area contributed by atoms with E-state index in [1.807, 2.05) is 36.4 Å². The summed E-state index contributed by atoms with van der Waals surface area (Å²) in [6.45, 7) is 0. The van der Waals surface area contributed by atoms with Gasteiger partial charge in [-0.3, -0.25) is 4.79 Å². The minimum atomic E-state index is -1.01. The van der Waals surface area contributed by atoms with Crippen molar-refractivity contribution in [3.63, 3.8) is 0 Å². The zero-order chi connectivity index (χ0) is 22.0. The topological polar surface area (TPSA) is 79.7 Å². The van der Waals surface area contributed by atoms with Gasteiger partial charge < -0.3 is 14.7 Å². The van der Waals surface area contributed by atoms with Crippen LogP contribution < -0.4 is 4.74 Å². The molecule has 1 aromatic heterocycles. The number of carbonyl (C=O) groups is 2. The van der Waals surface area contributed by atoms with E-state index in [2.05, 4.69) is 4.98 Å². The monoisotopic (exact) mass is 436 g/mol. The first-order valence-corrected chi connectivity index (χ1v) is 10.3. The van der Waals surface area contributed by atoms with Gasteiger partial charge in [-0.25, -0.2) is 9.78 Å². The Hall–Kier alpha value is -3.38. The first-order valence-electron chi connectivity index (χ1n) is 9.90. The van der Waals surface area contributed by atoms with Crippen LogP contribution in [0, 0.1) is 0 Å². The molecule has 7 heteroatoms. The van der Waals surface area contributed by atoms with Crippen LogP contribution in [0.2, 0.25) is 5.02 Å².